The molecule has 0 aromatic rings. The Morgan fingerprint density at radius 3 is 1.82 bits per heavy atom. The largest absolute Gasteiger partial charge is 0.384 e. The molecule has 0 rings (SSSR count). The van der Waals surface area contributed by atoms with Crippen molar-refractivity contribution in [1.82, 2.24) is 0 Å². The SMILES string of the molecule is COCC(CBr)(CBr)C(C)C. The molecule has 0 radical (unpaired) electrons. The summed E-state index contributed by atoms with van der Waals surface area (Å²) < 4.78 is 5.19. The fourth-order valence-electron chi connectivity index (χ4n) is 0.876. The van der Waals surface area contributed by atoms with E-state index in [1.165, 1.54) is 0 Å². The van der Waals surface area contributed by atoms with Crippen LogP contribution in [0.2, 0.25) is 0 Å². The van der Waals surface area contributed by atoms with E-state index < -0.39 is 0 Å². The number of alkyl halides is 2. The van der Waals surface area contributed by atoms with Crippen LogP contribution in [0.1, 0.15) is 13.8 Å². The molecule has 1 nitrogen and oxygen atoms in total. The second-order valence-corrected chi connectivity index (χ2v) is 4.34. The number of halogens is 2. The molecular weight excluding hydrogens is 272 g/mol. The topological polar surface area (TPSA) is 9.23 Å². The Morgan fingerprint density at radius 1 is 1.27 bits per heavy atom. The molecule has 0 N–H and O–H groups in total. The summed E-state index contributed by atoms with van der Waals surface area (Å²) in [5, 5.41) is 1.97. The van der Waals surface area contributed by atoms with Gasteiger partial charge in [-0.05, 0) is 5.92 Å². The van der Waals surface area contributed by atoms with Crippen molar-refractivity contribution >= 4 is 31.9 Å². The lowest BCUT2D eigenvalue weighted by Crippen LogP contribution is -2.35. The van der Waals surface area contributed by atoms with Gasteiger partial charge in [-0.3, -0.25) is 0 Å². The summed E-state index contributed by atoms with van der Waals surface area (Å²) in [6, 6.07) is 0. The number of hydrogen-bond donors (Lipinski definition) is 0. The van der Waals surface area contributed by atoms with E-state index in [9.17, 15) is 0 Å². The maximum absolute atomic E-state index is 5.19. The van der Waals surface area contributed by atoms with Gasteiger partial charge in [-0.1, -0.05) is 45.7 Å². The molecule has 0 atom stereocenters. The highest BCUT2D eigenvalue weighted by atomic mass is 79.9. The van der Waals surface area contributed by atoms with E-state index in [1.54, 1.807) is 7.11 Å². The molecule has 68 valence electrons. The van der Waals surface area contributed by atoms with Crippen LogP contribution in [0.3, 0.4) is 0 Å². The molecule has 0 unspecified atom stereocenters. The van der Waals surface area contributed by atoms with Crippen LogP contribution in [-0.2, 0) is 4.74 Å². The van der Waals surface area contributed by atoms with Crippen LogP contribution in [0.15, 0.2) is 0 Å². The van der Waals surface area contributed by atoms with Crippen molar-refractivity contribution in [3.8, 4) is 0 Å². The van der Waals surface area contributed by atoms with E-state index >= 15 is 0 Å². The molecule has 0 heterocycles. The first-order valence-electron chi connectivity index (χ1n) is 3.74. The summed E-state index contributed by atoms with van der Waals surface area (Å²) >= 11 is 7.05. The zero-order valence-electron chi connectivity index (χ0n) is 7.36. The highest BCUT2D eigenvalue weighted by Gasteiger charge is 2.31. The van der Waals surface area contributed by atoms with Gasteiger partial charge in [0, 0.05) is 23.2 Å². The van der Waals surface area contributed by atoms with Crippen LogP contribution in [-0.4, -0.2) is 24.4 Å². The summed E-state index contributed by atoms with van der Waals surface area (Å²) in [7, 11) is 1.75. The normalized spacial score (nSPS) is 12.5. The fourth-order valence-corrected chi connectivity index (χ4v) is 3.42. The van der Waals surface area contributed by atoms with Crippen LogP contribution >= 0.6 is 31.9 Å². The number of rotatable bonds is 5. The van der Waals surface area contributed by atoms with Crippen LogP contribution < -0.4 is 0 Å². The Labute approximate surface area is 86.1 Å². The maximum atomic E-state index is 5.19. The predicted octanol–water partition coefficient (Wildman–Crippen LogP) is 3.07. The number of ether oxygens (including phenoxy) is 1. The van der Waals surface area contributed by atoms with Crippen LogP contribution in [0.25, 0.3) is 0 Å². The van der Waals surface area contributed by atoms with Gasteiger partial charge >= 0.3 is 0 Å². The molecule has 0 fully saturated rings. The van der Waals surface area contributed by atoms with Gasteiger partial charge in [0.1, 0.15) is 0 Å². The van der Waals surface area contributed by atoms with Crippen LogP contribution in [0.4, 0.5) is 0 Å². The van der Waals surface area contributed by atoms with Crippen molar-refractivity contribution in [3.05, 3.63) is 0 Å². The maximum Gasteiger partial charge on any atom is 0.0537 e. The van der Waals surface area contributed by atoms with E-state index in [1.807, 2.05) is 0 Å². The van der Waals surface area contributed by atoms with E-state index in [4.69, 9.17) is 4.74 Å². The Morgan fingerprint density at radius 2 is 1.73 bits per heavy atom. The summed E-state index contributed by atoms with van der Waals surface area (Å²) in [6.07, 6.45) is 0. The van der Waals surface area contributed by atoms with Gasteiger partial charge < -0.3 is 4.74 Å². The van der Waals surface area contributed by atoms with E-state index in [0.717, 1.165) is 17.3 Å². The smallest absolute Gasteiger partial charge is 0.0537 e. The van der Waals surface area contributed by atoms with Crippen molar-refractivity contribution in [1.29, 1.82) is 0 Å². The molecule has 0 aromatic carbocycles. The molecular formula is C8H16Br2O. The van der Waals surface area contributed by atoms with Gasteiger partial charge in [0.05, 0.1) is 6.61 Å². The predicted molar refractivity (Wildman–Crippen MR) is 56.7 cm³/mol. The van der Waals surface area contributed by atoms with Gasteiger partial charge in [0.2, 0.25) is 0 Å². The Kier molecular flexibility index (Phi) is 6.01. The Balaban J connectivity index is 4.20. The van der Waals surface area contributed by atoms with Crippen LogP contribution in [0, 0.1) is 11.3 Å². The lowest BCUT2D eigenvalue weighted by Gasteiger charge is -2.33. The van der Waals surface area contributed by atoms with E-state index in [2.05, 4.69) is 45.7 Å². The molecule has 11 heavy (non-hydrogen) atoms. The molecule has 0 aromatic heterocycles. The standard InChI is InChI=1S/C8H16Br2O/c1-7(2)8(4-9,5-10)6-11-3/h7H,4-6H2,1-3H3. The monoisotopic (exact) mass is 286 g/mol. The van der Waals surface area contributed by atoms with Crippen molar-refractivity contribution in [2.45, 2.75) is 13.8 Å². The minimum Gasteiger partial charge on any atom is -0.384 e. The van der Waals surface area contributed by atoms with Gasteiger partial charge in [0.15, 0.2) is 0 Å². The van der Waals surface area contributed by atoms with Gasteiger partial charge in [-0.2, -0.15) is 0 Å². The summed E-state index contributed by atoms with van der Waals surface area (Å²) in [5.41, 5.74) is 0.245. The number of hydrogen-bond acceptors (Lipinski definition) is 1. The fraction of sp³-hybridized carbons (Fsp3) is 1.00. The first-order chi connectivity index (χ1) is 5.13. The highest BCUT2D eigenvalue weighted by Crippen LogP contribution is 2.32. The lowest BCUT2D eigenvalue weighted by molar-refractivity contribution is 0.0805. The Bertz CT molecular complexity index is 100. The molecule has 0 aliphatic heterocycles. The minimum atomic E-state index is 0.245. The second kappa shape index (κ2) is 5.55. The highest BCUT2D eigenvalue weighted by molar-refractivity contribution is 9.09. The zero-order chi connectivity index (χ0) is 8.91. The first-order valence-corrected chi connectivity index (χ1v) is 5.98. The third kappa shape index (κ3) is 3.03. The summed E-state index contributed by atoms with van der Waals surface area (Å²) in [4.78, 5) is 0. The van der Waals surface area contributed by atoms with Gasteiger partial charge in [-0.25, -0.2) is 0 Å². The van der Waals surface area contributed by atoms with Crippen molar-refractivity contribution in [2.75, 3.05) is 24.4 Å². The van der Waals surface area contributed by atoms with E-state index in [-0.39, 0.29) is 5.41 Å². The Hall–Kier alpha value is 0.920. The van der Waals surface area contributed by atoms with Crippen molar-refractivity contribution in [2.24, 2.45) is 11.3 Å². The molecule has 0 bridgehead atoms. The summed E-state index contributed by atoms with van der Waals surface area (Å²) in [6.45, 7) is 5.25. The van der Waals surface area contributed by atoms with E-state index in [0.29, 0.717) is 5.92 Å². The average Bonchev–Trinajstić information content (AvgIpc) is 2.00. The number of methoxy groups -OCH3 is 1. The summed E-state index contributed by atoms with van der Waals surface area (Å²) in [5.74, 6) is 0.626. The third-order valence-electron chi connectivity index (χ3n) is 2.19. The zero-order valence-corrected chi connectivity index (χ0v) is 10.5. The average molecular weight is 288 g/mol. The molecule has 0 amide bonds. The third-order valence-corrected chi connectivity index (χ3v) is 4.42. The molecule has 0 aliphatic rings. The van der Waals surface area contributed by atoms with Gasteiger partial charge in [0.25, 0.3) is 0 Å². The minimum absolute atomic E-state index is 0.245. The molecule has 0 saturated heterocycles. The van der Waals surface area contributed by atoms with Crippen molar-refractivity contribution < 1.29 is 4.74 Å². The second-order valence-electron chi connectivity index (χ2n) is 3.22. The van der Waals surface area contributed by atoms with Gasteiger partial charge in [-0.15, -0.1) is 0 Å². The molecule has 0 spiro atoms. The lowest BCUT2D eigenvalue weighted by atomic mass is 9.82. The molecule has 0 saturated carbocycles. The quantitative estimate of drug-likeness (QED) is 0.706. The van der Waals surface area contributed by atoms with Crippen molar-refractivity contribution in [3.63, 3.8) is 0 Å². The van der Waals surface area contributed by atoms with Crippen LogP contribution in [0.5, 0.6) is 0 Å². The molecule has 0 aliphatic carbocycles. The molecule has 3 heteroatoms. The first kappa shape index (κ1) is 11.9.